The fraction of sp³-hybridized carbons (Fsp3) is 0.462. The van der Waals surface area contributed by atoms with Crippen molar-refractivity contribution in [2.24, 2.45) is 0 Å². The van der Waals surface area contributed by atoms with Crippen LogP contribution in [0.1, 0.15) is 65.9 Å². The van der Waals surface area contributed by atoms with E-state index < -0.39 is 24.5 Å². The van der Waals surface area contributed by atoms with Crippen LogP contribution < -0.4 is 0 Å². The number of hydrogen-bond donors (Lipinski definition) is 2. The summed E-state index contributed by atoms with van der Waals surface area (Å²) >= 11 is 6.36. The summed E-state index contributed by atoms with van der Waals surface area (Å²) in [7, 11) is 0. The standard InChI is InChI=1S/C22H27ClN2.C4H6O4/c1-22(2)15-25(12-11-24(22)3)21-14-19(16-7-5-4-6-8-16)18-10-9-17(23)13-20(18)21;5-3(6)1-2-4(7)8/h4-10,13,19,21H,11-12,14-15H2,1-3H3;1-2H2,(H,5,6)(H,7,8)/t19-,21+;/m0./s1/i3D3;. The molecule has 0 bridgehead atoms. The molecule has 2 atom stereocenters. The highest BCUT2D eigenvalue weighted by atomic mass is 35.5. The number of piperazine rings is 1. The van der Waals surface area contributed by atoms with Crippen LogP contribution in [0.15, 0.2) is 48.5 Å². The molecule has 0 spiro atoms. The number of carboxylic acids is 2. The van der Waals surface area contributed by atoms with Gasteiger partial charge in [-0.05, 0) is 56.1 Å². The van der Waals surface area contributed by atoms with Crippen LogP contribution in [0.5, 0.6) is 0 Å². The van der Waals surface area contributed by atoms with E-state index >= 15 is 0 Å². The van der Waals surface area contributed by atoms with Gasteiger partial charge in [0.15, 0.2) is 0 Å². The lowest BCUT2D eigenvalue weighted by Crippen LogP contribution is -2.58. The van der Waals surface area contributed by atoms with E-state index in [0.29, 0.717) is 12.5 Å². The zero-order valence-corrected chi connectivity index (χ0v) is 19.8. The SMILES string of the molecule is O=C(O)CCC(=O)O.[2H]C([2H])([2H])N1CCN([C@@H]2C[C@@H](c3ccccc3)c3ccc(Cl)cc32)CC1(C)C. The number of fused-ring (bicyclic) bond motifs is 1. The molecule has 178 valence electrons. The third-order valence-corrected chi connectivity index (χ3v) is 6.60. The predicted octanol–water partition coefficient (Wildman–Crippen LogP) is 4.88. The Morgan fingerprint density at radius 2 is 1.73 bits per heavy atom. The Hall–Kier alpha value is -2.41. The monoisotopic (exact) mass is 475 g/mol. The van der Waals surface area contributed by atoms with Gasteiger partial charge in [0.25, 0.3) is 0 Å². The summed E-state index contributed by atoms with van der Waals surface area (Å²) < 4.78 is 23.6. The number of halogens is 1. The van der Waals surface area contributed by atoms with Crippen LogP contribution >= 0.6 is 11.6 Å². The van der Waals surface area contributed by atoms with E-state index in [4.69, 9.17) is 25.9 Å². The van der Waals surface area contributed by atoms with Crippen LogP contribution in [0.25, 0.3) is 0 Å². The van der Waals surface area contributed by atoms with Crippen molar-refractivity contribution in [3.05, 3.63) is 70.2 Å². The number of carbonyl (C=O) groups is 2. The van der Waals surface area contributed by atoms with Crippen molar-refractivity contribution in [1.29, 1.82) is 0 Å². The van der Waals surface area contributed by atoms with Crippen LogP contribution in [0.2, 0.25) is 5.02 Å². The highest BCUT2D eigenvalue weighted by Gasteiger charge is 2.40. The topological polar surface area (TPSA) is 81.1 Å². The lowest BCUT2D eigenvalue weighted by atomic mass is 9.93. The van der Waals surface area contributed by atoms with Gasteiger partial charge in [-0.3, -0.25) is 19.4 Å². The first-order chi connectivity index (χ1) is 16.8. The highest BCUT2D eigenvalue weighted by molar-refractivity contribution is 6.30. The van der Waals surface area contributed by atoms with E-state index in [1.54, 1.807) is 4.90 Å². The Morgan fingerprint density at radius 1 is 1.06 bits per heavy atom. The molecule has 0 aromatic heterocycles. The molecule has 7 heteroatoms. The van der Waals surface area contributed by atoms with Gasteiger partial charge in [0.05, 0.1) is 12.8 Å². The molecule has 0 saturated carbocycles. The van der Waals surface area contributed by atoms with Crippen molar-refractivity contribution in [2.45, 2.75) is 50.6 Å². The molecule has 1 heterocycles. The minimum absolute atomic E-state index is 0.261. The summed E-state index contributed by atoms with van der Waals surface area (Å²) in [6.45, 7) is 4.04. The van der Waals surface area contributed by atoms with Gasteiger partial charge in [-0.1, -0.05) is 48.0 Å². The summed E-state index contributed by atoms with van der Waals surface area (Å²) in [6, 6.07) is 17.1. The molecule has 33 heavy (non-hydrogen) atoms. The Morgan fingerprint density at radius 3 is 2.30 bits per heavy atom. The molecule has 1 fully saturated rings. The van der Waals surface area contributed by atoms with E-state index in [1.807, 2.05) is 19.9 Å². The van der Waals surface area contributed by atoms with Gasteiger partial charge < -0.3 is 10.2 Å². The Bertz CT molecular complexity index is 1060. The van der Waals surface area contributed by atoms with E-state index in [-0.39, 0.29) is 18.9 Å². The van der Waals surface area contributed by atoms with Crippen molar-refractivity contribution in [3.63, 3.8) is 0 Å². The molecule has 4 rings (SSSR count). The van der Waals surface area contributed by atoms with Crippen molar-refractivity contribution in [2.75, 3.05) is 26.6 Å². The van der Waals surface area contributed by atoms with Crippen molar-refractivity contribution in [1.82, 2.24) is 9.80 Å². The second-order valence-electron chi connectivity index (χ2n) is 9.21. The normalized spacial score (nSPS) is 23.9. The minimum atomic E-state index is -2.06. The number of nitrogens with zero attached hydrogens (tertiary/aromatic N) is 2. The van der Waals surface area contributed by atoms with Gasteiger partial charge in [0, 0.05) is 46.3 Å². The first kappa shape index (κ1) is 21.1. The number of carboxylic acid groups (broad SMARTS) is 2. The van der Waals surface area contributed by atoms with Crippen molar-refractivity contribution < 1.29 is 23.9 Å². The predicted molar refractivity (Wildman–Crippen MR) is 130 cm³/mol. The van der Waals surface area contributed by atoms with Gasteiger partial charge in [0.2, 0.25) is 0 Å². The van der Waals surface area contributed by atoms with E-state index in [2.05, 4.69) is 47.4 Å². The summed E-state index contributed by atoms with van der Waals surface area (Å²) in [4.78, 5) is 23.4. The van der Waals surface area contributed by atoms with Crippen LogP contribution in [0.4, 0.5) is 0 Å². The minimum Gasteiger partial charge on any atom is -0.481 e. The molecule has 2 aromatic carbocycles. The average molecular weight is 476 g/mol. The Balaban J connectivity index is 0.000000392. The van der Waals surface area contributed by atoms with Gasteiger partial charge in [-0.2, -0.15) is 0 Å². The zero-order valence-electron chi connectivity index (χ0n) is 22.0. The zero-order chi connectivity index (χ0) is 26.7. The van der Waals surface area contributed by atoms with E-state index in [1.165, 1.54) is 16.7 Å². The molecule has 0 radical (unpaired) electrons. The maximum atomic E-state index is 9.64. The van der Waals surface area contributed by atoms with Crippen LogP contribution in [-0.2, 0) is 9.59 Å². The van der Waals surface area contributed by atoms with Crippen LogP contribution in [-0.4, -0.2) is 64.1 Å². The molecular formula is C26H33ClN2O4. The first-order valence-corrected chi connectivity index (χ1v) is 11.5. The first-order valence-electron chi connectivity index (χ1n) is 12.6. The maximum absolute atomic E-state index is 9.64. The van der Waals surface area contributed by atoms with Crippen LogP contribution in [0, 0.1) is 0 Å². The number of aliphatic carboxylic acids is 2. The molecule has 1 aliphatic heterocycles. The molecule has 2 aromatic rings. The van der Waals surface area contributed by atoms with Gasteiger partial charge >= 0.3 is 11.9 Å². The number of rotatable bonds is 5. The molecule has 6 nitrogen and oxygen atoms in total. The lowest BCUT2D eigenvalue weighted by Gasteiger charge is -2.47. The fourth-order valence-electron chi connectivity index (χ4n) is 4.65. The summed E-state index contributed by atoms with van der Waals surface area (Å²) in [6.07, 6.45) is 0.411. The van der Waals surface area contributed by atoms with Gasteiger partial charge in [-0.15, -0.1) is 0 Å². The smallest absolute Gasteiger partial charge is 0.303 e. The van der Waals surface area contributed by atoms with Gasteiger partial charge in [0.1, 0.15) is 0 Å². The molecule has 2 N–H and O–H groups in total. The fourth-order valence-corrected chi connectivity index (χ4v) is 4.83. The third kappa shape index (κ3) is 6.34. The maximum Gasteiger partial charge on any atom is 0.303 e. The van der Waals surface area contributed by atoms with E-state index in [0.717, 1.165) is 24.5 Å². The molecule has 0 amide bonds. The Labute approximate surface area is 205 Å². The molecular weight excluding hydrogens is 440 g/mol. The van der Waals surface area contributed by atoms with Crippen LogP contribution in [0.3, 0.4) is 0 Å². The molecule has 2 aliphatic rings. The molecule has 1 aliphatic carbocycles. The quantitative estimate of drug-likeness (QED) is 0.641. The lowest BCUT2D eigenvalue weighted by molar-refractivity contribution is -0.143. The number of likely N-dealkylation sites (N-methyl/N-ethyl adjacent to an activating group) is 1. The highest BCUT2D eigenvalue weighted by Crippen LogP contribution is 2.48. The second kappa shape index (κ2) is 10.7. The molecule has 1 saturated heterocycles. The van der Waals surface area contributed by atoms with E-state index in [9.17, 15) is 9.59 Å². The summed E-state index contributed by atoms with van der Waals surface area (Å²) in [5.41, 5.74) is 3.55. The number of hydrogen-bond acceptors (Lipinski definition) is 4. The average Bonchev–Trinajstić information content (AvgIpc) is 3.16. The summed E-state index contributed by atoms with van der Waals surface area (Å²) in [5, 5.41) is 16.6. The number of benzene rings is 2. The largest absolute Gasteiger partial charge is 0.481 e. The molecule has 0 unspecified atom stereocenters. The Kier molecular flexibility index (Phi) is 6.84. The third-order valence-electron chi connectivity index (χ3n) is 6.37. The van der Waals surface area contributed by atoms with Crippen molar-refractivity contribution >= 4 is 23.5 Å². The van der Waals surface area contributed by atoms with Gasteiger partial charge in [-0.25, -0.2) is 0 Å². The second-order valence-corrected chi connectivity index (χ2v) is 9.65. The van der Waals surface area contributed by atoms with Crippen molar-refractivity contribution in [3.8, 4) is 0 Å². The summed E-state index contributed by atoms with van der Waals surface area (Å²) in [5.74, 6) is -1.80.